The Hall–Kier alpha value is -2.07. The fraction of sp³-hybridized carbons (Fsp3) is 0.250. The lowest BCUT2D eigenvalue weighted by Gasteiger charge is -2.11. The Kier molecular flexibility index (Phi) is 4.96. The minimum absolute atomic E-state index is 0.194. The summed E-state index contributed by atoms with van der Waals surface area (Å²) in [7, 11) is 0. The molecule has 106 valence electrons. The van der Waals surface area contributed by atoms with E-state index < -0.39 is 5.82 Å². The fourth-order valence-electron chi connectivity index (χ4n) is 1.75. The number of rotatable bonds is 6. The third-order valence-electron chi connectivity index (χ3n) is 2.83. The lowest BCUT2D eigenvalue weighted by atomic mass is 10.1. The molecule has 0 radical (unpaired) electrons. The van der Waals surface area contributed by atoms with Crippen LogP contribution in [-0.2, 0) is 0 Å². The van der Waals surface area contributed by atoms with Crippen molar-refractivity contribution in [3.63, 3.8) is 0 Å². The van der Waals surface area contributed by atoms with E-state index in [0.29, 0.717) is 6.61 Å². The van der Waals surface area contributed by atoms with Crippen LogP contribution in [0, 0.1) is 5.82 Å². The molecule has 0 saturated carbocycles. The van der Waals surface area contributed by atoms with Crippen LogP contribution in [0.5, 0.6) is 11.5 Å². The molecule has 2 aromatic rings. The molecule has 0 bridgehead atoms. The van der Waals surface area contributed by atoms with Gasteiger partial charge in [-0.1, -0.05) is 24.3 Å². The number of halogens is 1. The molecule has 0 aliphatic rings. The molecule has 20 heavy (non-hydrogen) atoms. The molecule has 0 saturated heterocycles. The van der Waals surface area contributed by atoms with Gasteiger partial charge in [-0.25, -0.2) is 4.39 Å². The maximum atomic E-state index is 13.7. The molecule has 2 aromatic carbocycles. The predicted octanol–water partition coefficient (Wildman–Crippen LogP) is 3.30. The van der Waals surface area contributed by atoms with Gasteiger partial charge in [0.1, 0.15) is 19.0 Å². The van der Waals surface area contributed by atoms with Crippen molar-refractivity contribution in [3.8, 4) is 11.5 Å². The summed E-state index contributed by atoms with van der Waals surface area (Å²) in [6.07, 6.45) is 0. The van der Waals surface area contributed by atoms with Crippen LogP contribution >= 0.6 is 0 Å². The van der Waals surface area contributed by atoms with Crippen LogP contribution in [-0.4, -0.2) is 13.2 Å². The molecule has 0 heterocycles. The summed E-state index contributed by atoms with van der Waals surface area (Å²) in [5.41, 5.74) is 6.44. The van der Waals surface area contributed by atoms with E-state index in [1.807, 2.05) is 37.3 Å². The van der Waals surface area contributed by atoms with Crippen LogP contribution in [0.25, 0.3) is 0 Å². The monoisotopic (exact) mass is 275 g/mol. The molecule has 0 aliphatic carbocycles. The van der Waals surface area contributed by atoms with Crippen molar-refractivity contribution in [1.29, 1.82) is 0 Å². The third kappa shape index (κ3) is 3.96. The Morgan fingerprint density at radius 3 is 2.40 bits per heavy atom. The van der Waals surface area contributed by atoms with Crippen LogP contribution in [0.3, 0.4) is 0 Å². The Bertz CT molecular complexity index is 543. The van der Waals surface area contributed by atoms with Crippen molar-refractivity contribution in [1.82, 2.24) is 0 Å². The first-order valence-electron chi connectivity index (χ1n) is 6.52. The smallest absolute Gasteiger partial charge is 0.165 e. The summed E-state index contributed by atoms with van der Waals surface area (Å²) in [5.74, 6) is 0.578. The van der Waals surface area contributed by atoms with E-state index in [1.165, 1.54) is 6.07 Å². The summed E-state index contributed by atoms with van der Waals surface area (Å²) in [6.45, 7) is 2.45. The van der Waals surface area contributed by atoms with Crippen LogP contribution in [0.15, 0.2) is 48.5 Å². The second-order valence-corrected chi connectivity index (χ2v) is 4.49. The van der Waals surface area contributed by atoms with Crippen LogP contribution in [0.2, 0.25) is 0 Å². The van der Waals surface area contributed by atoms with Crippen molar-refractivity contribution < 1.29 is 13.9 Å². The van der Waals surface area contributed by atoms with E-state index in [1.54, 1.807) is 12.1 Å². The van der Waals surface area contributed by atoms with Gasteiger partial charge in [0.25, 0.3) is 0 Å². The first-order valence-corrected chi connectivity index (χ1v) is 6.52. The molecule has 0 spiro atoms. The first kappa shape index (κ1) is 14.3. The number of hydrogen-bond donors (Lipinski definition) is 1. The highest BCUT2D eigenvalue weighted by molar-refractivity contribution is 5.30. The van der Waals surface area contributed by atoms with Gasteiger partial charge in [0.15, 0.2) is 11.6 Å². The quantitative estimate of drug-likeness (QED) is 0.823. The standard InChI is InChI=1S/C16H18FNO2/c1-12(18)13-7-8-16(15(17)11-13)20-10-9-19-14-5-3-2-4-6-14/h2-8,11-12H,9-10,18H2,1H3/t12-/m1/s1. The molecule has 2 N–H and O–H groups in total. The third-order valence-corrected chi connectivity index (χ3v) is 2.83. The number of para-hydroxylation sites is 1. The molecule has 3 nitrogen and oxygen atoms in total. The van der Waals surface area contributed by atoms with E-state index in [0.717, 1.165) is 11.3 Å². The maximum Gasteiger partial charge on any atom is 0.165 e. The summed E-state index contributed by atoms with van der Waals surface area (Å²) in [4.78, 5) is 0. The van der Waals surface area contributed by atoms with E-state index in [2.05, 4.69) is 0 Å². The number of nitrogens with two attached hydrogens (primary N) is 1. The van der Waals surface area contributed by atoms with Crippen LogP contribution < -0.4 is 15.2 Å². The molecule has 0 amide bonds. The number of hydrogen-bond acceptors (Lipinski definition) is 3. The fourth-order valence-corrected chi connectivity index (χ4v) is 1.75. The number of benzene rings is 2. The molecule has 4 heteroatoms. The van der Waals surface area contributed by atoms with Crippen molar-refractivity contribution in [2.24, 2.45) is 5.73 Å². The van der Waals surface area contributed by atoms with Crippen molar-refractivity contribution in [2.75, 3.05) is 13.2 Å². The topological polar surface area (TPSA) is 44.5 Å². The molecular formula is C16H18FNO2. The first-order chi connectivity index (χ1) is 9.66. The molecule has 2 rings (SSSR count). The Morgan fingerprint density at radius 2 is 1.75 bits per heavy atom. The Balaban J connectivity index is 1.82. The van der Waals surface area contributed by atoms with Gasteiger partial charge >= 0.3 is 0 Å². The van der Waals surface area contributed by atoms with Crippen LogP contribution in [0.1, 0.15) is 18.5 Å². The van der Waals surface area contributed by atoms with E-state index in [4.69, 9.17) is 15.2 Å². The van der Waals surface area contributed by atoms with E-state index in [-0.39, 0.29) is 18.4 Å². The minimum atomic E-state index is -0.403. The van der Waals surface area contributed by atoms with Gasteiger partial charge in [0, 0.05) is 6.04 Å². The Morgan fingerprint density at radius 1 is 1.05 bits per heavy atom. The SMILES string of the molecule is C[C@@H](N)c1ccc(OCCOc2ccccc2)c(F)c1. The largest absolute Gasteiger partial charge is 0.490 e. The van der Waals surface area contributed by atoms with Crippen molar-refractivity contribution in [2.45, 2.75) is 13.0 Å². The van der Waals surface area contributed by atoms with Gasteiger partial charge in [-0.15, -0.1) is 0 Å². The van der Waals surface area contributed by atoms with E-state index >= 15 is 0 Å². The summed E-state index contributed by atoms with van der Waals surface area (Å²) in [5, 5.41) is 0. The summed E-state index contributed by atoms with van der Waals surface area (Å²) < 4.78 is 24.6. The van der Waals surface area contributed by atoms with Crippen molar-refractivity contribution in [3.05, 3.63) is 59.9 Å². The molecule has 0 aromatic heterocycles. The van der Waals surface area contributed by atoms with Gasteiger partial charge in [-0.3, -0.25) is 0 Å². The lowest BCUT2D eigenvalue weighted by molar-refractivity contribution is 0.211. The Labute approximate surface area is 118 Å². The zero-order valence-electron chi connectivity index (χ0n) is 11.4. The van der Waals surface area contributed by atoms with Gasteiger partial charge < -0.3 is 15.2 Å². The normalized spacial score (nSPS) is 11.9. The molecule has 1 atom stereocenters. The van der Waals surface area contributed by atoms with Gasteiger partial charge in [0.2, 0.25) is 0 Å². The average molecular weight is 275 g/mol. The molecular weight excluding hydrogens is 257 g/mol. The van der Waals surface area contributed by atoms with E-state index in [9.17, 15) is 4.39 Å². The highest BCUT2D eigenvalue weighted by Crippen LogP contribution is 2.21. The highest BCUT2D eigenvalue weighted by Gasteiger charge is 2.07. The zero-order chi connectivity index (χ0) is 14.4. The minimum Gasteiger partial charge on any atom is -0.490 e. The summed E-state index contributed by atoms with van der Waals surface area (Å²) in [6, 6.07) is 14.0. The maximum absolute atomic E-state index is 13.7. The average Bonchev–Trinajstić information content (AvgIpc) is 2.46. The van der Waals surface area contributed by atoms with Gasteiger partial charge in [-0.05, 0) is 36.8 Å². The van der Waals surface area contributed by atoms with Crippen molar-refractivity contribution >= 4 is 0 Å². The molecule has 0 fully saturated rings. The predicted molar refractivity (Wildman–Crippen MR) is 76.4 cm³/mol. The van der Waals surface area contributed by atoms with Gasteiger partial charge in [0.05, 0.1) is 0 Å². The second kappa shape index (κ2) is 6.91. The lowest BCUT2D eigenvalue weighted by Crippen LogP contribution is -2.10. The van der Waals surface area contributed by atoms with Gasteiger partial charge in [-0.2, -0.15) is 0 Å². The van der Waals surface area contributed by atoms with Crippen LogP contribution in [0.4, 0.5) is 4.39 Å². The number of ether oxygens (including phenoxy) is 2. The molecule has 0 aliphatic heterocycles. The second-order valence-electron chi connectivity index (χ2n) is 4.49. The zero-order valence-corrected chi connectivity index (χ0v) is 11.4. The molecule has 0 unspecified atom stereocenters. The summed E-state index contributed by atoms with van der Waals surface area (Å²) >= 11 is 0. The highest BCUT2D eigenvalue weighted by atomic mass is 19.1.